The number of amides is 2. The molecule has 1 aromatic carbocycles. The van der Waals surface area contributed by atoms with Gasteiger partial charge in [-0.3, -0.25) is 5.32 Å². The summed E-state index contributed by atoms with van der Waals surface area (Å²) in [4.78, 5) is 20.1. The van der Waals surface area contributed by atoms with Crippen LogP contribution >= 0.6 is 11.3 Å². The van der Waals surface area contributed by atoms with Gasteiger partial charge in [0.05, 0.1) is 11.6 Å². The number of alkyl halides is 3. The van der Waals surface area contributed by atoms with Crippen LogP contribution < -0.4 is 10.6 Å². The molecule has 3 aromatic rings. The number of aromatic nitrogens is 2. The van der Waals surface area contributed by atoms with Crippen molar-refractivity contribution < 1.29 is 18.0 Å². The van der Waals surface area contributed by atoms with Crippen LogP contribution in [0.25, 0.3) is 10.9 Å². The van der Waals surface area contributed by atoms with Crippen molar-refractivity contribution in [2.24, 2.45) is 0 Å². The summed E-state index contributed by atoms with van der Waals surface area (Å²) >= 11 is 0.870. The molecule has 2 aromatic heterocycles. The van der Waals surface area contributed by atoms with Crippen LogP contribution in [-0.2, 0) is 6.18 Å². The molecule has 0 spiro atoms. The van der Waals surface area contributed by atoms with Crippen molar-refractivity contribution in [1.82, 2.24) is 15.3 Å². The van der Waals surface area contributed by atoms with Gasteiger partial charge in [-0.15, -0.1) is 11.3 Å². The molecule has 0 aliphatic rings. The van der Waals surface area contributed by atoms with E-state index in [9.17, 15) is 18.0 Å². The summed E-state index contributed by atoms with van der Waals surface area (Å²) in [6.07, 6.45) is -4.09. The van der Waals surface area contributed by atoms with E-state index >= 15 is 0 Å². The predicted octanol–water partition coefficient (Wildman–Crippen LogP) is 4.98. The summed E-state index contributed by atoms with van der Waals surface area (Å²) in [6.45, 7) is 1.76. The smallest absolute Gasteiger partial charge is 0.329 e. The zero-order valence-corrected chi connectivity index (χ0v) is 14.5. The van der Waals surface area contributed by atoms with Gasteiger partial charge in [-0.2, -0.15) is 13.2 Å². The number of carbonyl (C=O) groups excluding carboxylic acids is 1. The number of nitrogens with one attached hydrogen (secondary N) is 2. The highest BCUT2D eigenvalue weighted by molar-refractivity contribution is 7.09. The molecule has 2 heterocycles. The van der Waals surface area contributed by atoms with E-state index in [4.69, 9.17) is 0 Å². The second-order valence-electron chi connectivity index (χ2n) is 5.52. The van der Waals surface area contributed by atoms with Crippen molar-refractivity contribution >= 4 is 34.1 Å². The van der Waals surface area contributed by atoms with Crippen molar-refractivity contribution in [2.75, 3.05) is 5.32 Å². The molecule has 1 atom stereocenters. The van der Waals surface area contributed by atoms with Crippen LogP contribution in [0.5, 0.6) is 0 Å². The van der Waals surface area contributed by atoms with E-state index in [2.05, 4.69) is 20.6 Å². The zero-order chi connectivity index (χ0) is 18.7. The molecule has 0 saturated carbocycles. The SMILES string of the molecule is CCC(NC(=O)Nc1ccc2ccccc2n1)c1nc(C(F)(F)F)cs1. The van der Waals surface area contributed by atoms with Gasteiger partial charge >= 0.3 is 12.2 Å². The molecule has 1 unspecified atom stereocenters. The molecule has 0 aliphatic carbocycles. The quantitative estimate of drug-likeness (QED) is 0.671. The molecule has 136 valence electrons. The number of para-hydroxylation sites is 1. The van der Waals surface area contributed by atoms with Crippen LogP contribution in [0, 0.1) is 0 Å². The molecule has 0 saturated heterocycles. The van der Waals surface area contributed by atoms with Crippen LogP contribution in [0.4, 0.5) is 23.8 Å². The van der Waals surface area contributed by atoms with Crippen LogP contribution in [0.3, 0.4) is 0 Å². The number of fused-ring (bicyclic) bond motifs is 1. The first-order valence-corrected chi connectivity index (χ1v) is 8.70. The number of rotatable bonds is 4. The first kappa shape index (κ1) is 18.1. The number of pyridine rings is 1. The van der Waals surface area contributed by atoms with Gasteiger partial charge in [0.25, 0.3) is 0 Å². The third-order valence-corrected chi connectivity index (χ3v) is 4.62. The maximum Gasteiger partial charge on any atom is 0.434 e. The lowest BCUT2D eigenvalue weighted by Crippen LogP contribution is -2.32. The highest BCUT2D eigenvalue weighted by Gasteiger charge is 2.34. The van der Waals surface area contributed by atoms with E-state index in [1.165, 1.54) is 0 Å². The lowest BCUT2D eigenvalue weighted by atomic mass is 10.2. The highest BCUT2D eigenvalue weighted by atomic mass is 32.1. The van der Waals surface area contributed by atoms with Crippen molar-refractivity contribution in [1.29, 1.82) is 0 Å². The van der Waals surface area contributed by atoms with Crippen LogP contribution in [-0.4, -0.2) is 16.0 Å². The Labute approximate surface area is 151 Å². The molecule has 5 nitrogen and oxygen atoms in total. The Kier molecular flexibility index (Phi) is 5.08. The first-order valence-electron chi connectivity index (χ1n) is 7.82. The fourth-order valence-electron chi connectivity index (χ4n) is 2.36. The summed E-state index contributed by atoms with van der Waals surface area (Å²) in [5.74, 6) is 0.353. The van der Waals surface area contributed by atoms with Crippen LogP contribution in [0.1, 0.15) is 30.1 Å². The maximum atomic E-state index is 12.7. The molecule has 9 heteroatoms. The number of anilines is 1. The van der Waals surface area contributed by atoms with E-state index in [1.807, 2.05) is 30.3 Å². The Bertz CT molecular complexity index is 926. The molecule has 3 rings (SSSR count). The van der Waals surface area contributed by atoms with Gasteiger partial charge in [0.15, 0.2) is 5.69 Å². The van der Waals surface area contributed by atoms with Crippen LogP contribution in [0.2, 0.25) is 0 Å². The van der Waals surface area contributed by atoms with Crippen molar-refractivity contribution in [3.05, 3.63) is 52.5 Å². The standard InChI is InChI=1S/C17H15F3N4OS/c1-2-11(15-23-13(9-26-15)17(18,19)20)22-16(25)24-14-8-7-10-5-3-4-6-12(10)21-14/h3-9,11H,2H2,1H3,(H2,21,22,24,25). The van der Waals surface area contributed by atoms with E-state index in [-0.39, 0.29) is 5.01 Å². The Morgan fingerprint density at radius 1 is 1.19 bits per heavy atom. The van der Waals surface area contributed by atoms with E-state index in [1.54, 1.807) is 13.0 Å². The molecule has 0 radical (unpaired) electrons. The van der Waals surface area contributed by atoms with Crippen LogP contribution in [0.15, 0.2) is 41.8 Å². The van der Waals surface area contributed by atoms with E-state index in [0.29, 0.717) is 12.2 Å². The number of carbonyl (C=O) groups is 1. The fraction of sp³-hybridized carbons (Fsp3) is 0.235. The summed E-state index contributed by atoms with van der Waals surface area (Å²) in [5.41, 5.74) is -0.221. The average molecular weight is 380 g/mol. The van der Waals surface area contributed by atoms with Gasteiger partial charge in [0.1, 0.15) is 10.8 Å². The third-order valence-electron chi connectivity index (χ3n) is 3.66. The van der Waals surface area contributed by atoms with Gasteiger partial charge in [-0.25, -0.2) is 14.8 Å². The summed E-state index contributed by atoms with van der Waals surface area (Å²) < 4.78 is 38.0. The Balaban J connectivity index is 1.69. The Morgan fingerprint density at radius 2 is 1.96 bits per heavy atom. The summed E-state index contributed by atoms with van der Waals surface area (Å²) in [7, 11) is 0. The molecule has 0 aliphatic heterocycles. The summed E-state index contributed by atoms with van der Waals surface area (Å²) in [6, 6.07) is 9.77. The number of thiazole rings is 1. The topological polar surface area (TPSA) is 66.9 Å². The molecule has 0 bridgehead atoms. The Morgan fingerprint density at radius 3 is 2.65 bits per heavy atom. The normalized spacial score (nSPS) is 12.8. The van der Waals surface area contributed by atoms with Gasteiger partial charge in [-0.1, -0.05) is 25.1 Å². The van der Waals surface area contributed by atoms with Gasteiger partial charge in [0, 0.05) is 10.8 Å². The minimum atomic E-state index is -4.50. The molecule has 2 N–H and O–H groups in total. The van der Waals surface area contributed by atoms with E-state index in [0.717, 1.165) is 27.6 Å². The average Bonchev–Trinajstić information content (AvgIpc) is 3.10. The van der Waals surface area contributed by atoms with Crippen molar-refractivity contribution in [3.63, 3.8) is 0 Å². The van der Waals surface area contributed by atoms with Gasteiger partial charge in [0.2, 0.25) is 0 Å². The predicted molar refractivity (Wildman–Crippen MR) is 94.0 cm³/mol. The number of urea groups is 1. The molecule has 0 fully saturated rings. The zero-order valence-electron chi connectivity index (χ0n) is 13.7. The molecule has 2 amide bonds. The van der Waals surface area contributed by atoms with E-state index < -0.39 is 23.9 Å². The number of benzene rings is 1. The largest absolute Gasteiger partial charge is 0.434 e. The lowest BCUT2D eigenvalue weighted by Gasteiger charge is -2.15. The minimum Gasteiger partial charge on any atom is -0.329 e. The maximum absolute atomic E-state index is 12.7. The molecular formula is C17H15F3N4OS. The third kappa shape index (κ3) is 4.10. The fourth-order valence-corrected chi connectivity index (χ4v) is 3.32. The van der Waals surface area contributed by atoms with Gasteiger partial charge in [-0.05, 0) is 24.6 Å². The first-order chi connectivity index (χ1) is 12.4. The molecular weight excluding hydrogens is 365 g/mol. The molecule has 26 heavy (non-hydrogen) atoms. The second kappa shape index (κ2) is 7.28. The van der Waals surface area contributed by atoms with Crippen molar-refractivity contribution in [3.8, 4) is 0 Å². The number of halogens is 3. The second-order valence-corrected chi connectivity index (χ2v) is 6.41. The number of hydrogen-bond donors (Lipinski definition) is 2. The minimum absolute atomic E-state index is 0.210. The highest BCUT2D eigenvalue weighted by Crippen LogP contribution is 2.32. The summed E-state index contributed by atoms with van der Waals surface area (Å²) in [5, 5.41) is 7.33. The number of hydrogen-bond acceptors (Lipinski definition) is 4. The lowest BCUT2D eigenvalue weighted by molar-refractivity contribution is -0.140. The van der Waals surface area contributed by atoms with Gasteiger partial charge < -0.3 is 5.32 Å². The number of nitrogens with zero attached hydrogens (tertiary/aromatic N) is 2. The Hall–Kier alpha value is -2.68. The van der Waals surface area contributed by atoms with Crippen molar-refractivity contribution in [2.45, 2.75) is 25.6 Å². The monoisotopic (exact) mass is 380 g/mol.